The van der Waals surface area contributed by atoms with Gasteiger partial charge < -0.3 is 14.9 Å². The molecule has 0 spiro atoms. The van der Waals surface area contributed by atoms with Crippen molar-refractivity contribution >= 4 is 21.7 Å². The summed E-state index contributed by atoms with van der Waals surface area (Å²) in [6, 6.07) is 12.5. The van der Waals surface area contributed by atoms with Crippen LogP contribution >= 0.6 is 0 Å². The number of aromatic hydroxyl groups is 1. The Hall–Kier alpha value is -3.10. The van der Waals surface area contributed by atoms with E-state index in [0.717, 1.165) is 37.7 Å². The molecular weight excluding hydrogens is 466 g/mol. The molecular formula is C27H29NO6S. The molecule has 3 aliphatic rings. The van der Waals surface area contributed by atoms with Gasteiger partial charge in [-0.3, -0.25) is 9.52 Å². The molecule has 4 atom stereocenters. The van der Waals surface area contributed by atoms with Gasteiger partial charge in [-0.15, -0.1) is 0 Å². The van der Waals surface area contributed by atoms with Crippen LogP contribution in [0.15, 0.2) is 77.4 Å². The third-order valence-electron chi connectivity index (χ3n) is 7.09. The molecule has 184 valence electrons. The van der Waals surface area contributed by atoms with Crippen LogP contribution in [0.1, 0.15) is 43.6 Å². The Kier molecular flexibility index (Phi) is 6.42. The molecule has 0 radical (unpaired) electrons. The first-order chi connectivity index (χ1) is 16.8. The number of benzene rings is 2. The van der Waals surface area contributed by atoms with Crippen molar-refractivity contribution in [3.05, 3.63) is 78.1 Å². The van der Waals surface area contributed by atoms with Crippen LogP contribution in [-0.4, -0.2) is 30.7 Å². The van der Waals surface area contributed by atoms with E-state index in [2.05, 4.69) is 4.72 Å². The molecule has 7 nitrogen and oxygen atoms in total. The molecule has 2 fully saturated rings. The molecule has 3 N–H and O–H groups in total. The number of anilines is 1. The summed E-state index contributed by atoms with van der Waals surface area (Å²) in [4.78, 5) is 13.1. The van der Waals surface area contributed by atoms with Gasteiger partial charge >= 0.3 is 5.97 Å². The number of aliphatic hydroxyl groups is 1. The van der Waals surface area contributed by atoms with Crippen LogP contribution in [0.3, 0.4) is 0 Å². The first-order valence-corrected chi connectivity index (χ1v) is 13.5. The van der Waals surface area contributed by atoms with Crippen LogP contribution in [0.4, 0.5) is 5.69 Å². The minimum atomic E-state index is -3.92. The molecule has 0 bridgehead atoms. The van der Waals surface area contributed by atoms with Crippen LogP contribution in [0.2, 0.25) is 0 Å². The van der Waals surface area contributed by atoms with E-state index >= 15 is 0 Å². The monoisotopic (exact) mass is 495 g/mol. The first kappa shape index (κ1) is 23.6. The number of hydrogen-bond donors (Lipinski definition) is 3. The summed E-state index contributed by atoms with van der Waals surface area (Å²) in [7, 11) is -3.92. The van der Waals surface area contributed by atoms with Gasteiger partial charge in [0.2, 0.25) is 0 Å². The van der Waals surface area contributed by atoms with E-state index in [0.29, 0.717) is 11.4 Å². The number of hydrogen-bond acceptors (Lipinski definition) is 6. The number of aliphatic hydroxyl groups excluding tert-OH is 1. The molecule has 2 aromatic carbocycles. The molecule has 2 aliphatic carbocycles. The number of esters is 1. The number of carbonyl (C=O) groups is 1. The Morgan fingerprint density at radius 2 is 1.86 bits per heavy atom. The summed E-state index contributed by atoms with van der Waals surface area (Å²) in [5, 5.41) is 21.1. The third kappa shape index (κ3) is 4.99. The lowest BCUT2D eigenvalue weighted by molar-refractivity contribution is -0.160. The van der Waals surface area contributed by atoms with Gasteiger partial charge in [-0.05, 0) is 73.9 Å². The predicted octanol–water partition coefficient (Wildman–Crippen LogP) is 4.46. The van der Waals surface area contributed by atoms with Crippen LogP contribution in [-0.2, 0) is 19.6 Å². The number of phenols is 1. The van der Waals surface area contributed by atoms with Crippen LogP contribution in [0.25, 0.3) is 0 Å². The van der Waals surface area contributed by atoms with Crippen molar-refractivity contribution in [2.75, 3.05) is 4.72 Å². The number of rotatable bonds is 6. The Bertz CT molecular complexity index is 1280. The van der Waals surface area contributed by atoms with E-state index < -0.39 is 28.0 Å². The number of sulfonamides is 1. The normalized spacial score (nSPS) is 25.5. The molecule has 1 heterocycles. The molecule has 2 aromatic rings. The highest BCUT2D eigenvalue weighted by molar-refractivity contribution is 7.92. The zero-order chi connectivity index (χ0) is 24.6. The summed E-state index contributed by atoms with van der Waals surface area (Å²) in [5.74, 6) is -1.06. The minimum Gasteiger partial charge on any atom is -0.508 e. The van der Waals surface area contributed by atoms with E-state index in [-0.39, 0.29) is 28.4 Å². The summed E-state index contributed by atoms with van der Waals surface area (Å²) in [6.45, 7) is 0. The van der Waals surface area contributed by atoms with Gasteiger partial charge in [0.05, 0.1) is 16.9 Å². The maximum Gasteiger partial charge on any atom is 0.317 e. The Labute approximate surface area is 205 Å². The lowest BCUT2D eigenvalue weighted by Gasteiger charge is -2.39. The second-order valence-corrected chi connectivity index (χ2v) is 11.2. The second-order valence-electron chi connectivity index (χ2n) is 9.56. The average Bonchev–Trinajstić information content (AvgIpc) is 3.63. The fraction of sp³-hybridized carbons (Fsp3) is 0.370. The van der Waals surface area contributed by atoms with Gasteiger partial charge in [0.1, 0.15) is 11.5 Å². The van der Waals surface area contributed by atoms with Crippen molar-refractivity contribution in [2.24, 2.45) is 17.8 Å². The highest BCUT2D eigenvalue weighted by Gasteiger charge is 2.50. The fourth-order valence-corrected chi connectivity index (χ4v) is 6.35. The van der Waals surface area contributed by atoms with Crippen molar-refractivity contribution in [2.45, 2.75) is 49.0 Å². The highest BCUT2D eigenvalue weighted by atomic mass is 32.2. The first-order valence-electron chi connectivity index (χ1n) is 12.0. The van der Waals surface area contributed by atoms with Gasteiger partial charge in [-0.2, -0.15) is 0 Å². The van der Waals surface area contributed by atoms with Gasteiger partial charge in [0.15, 0.2) is 0 Å². The second kappa shape index (κ2) is 9.51. The summed E-state index contributed by atoms with van der Waals surface area (Å²) >= 11 is 0. The lowest BCUT2D eigenvalue weighted by Crippen LogP contribution is -2.45. The number of fused-ring (bicyclic) bond motifs is 1. The molecule has 1 saturated heterocycles. The van der Waals surface area contributed by atoms with Crippen molar-refractivity contribution in [3.8, 4) is 5.75 Å². The molecule has 5 rings (SSSR count). The van der Waals surface area contributed by atoms with Crippen molar-refractivity contribution < 1.29 is 28.2 Å². The SMILES string of the molecule is O=C1OC2=CC=CCCCC2C(O)C1C(c1cccc(NS(=O)(=O)c2cccc(O)c2)c1)C1CC1. The van der Waals surface area contributed by atoms with Crippen molar-refractivity contribution in [1.82, 2.24) is 0 Å². The molecule has 0 amide bonds. The molecule has 8 heteroatoms. The standard InChI is InChI=1S/C27H29NO6S/c29-20-9-6-10-21(16-20)35(32,33)28-19-8-5-7-18(15-19)24(17-13-14-17)25-26(30)22-11-3-1-2-4-12-23(22)34-27(25)31/h2,4-10,12,15-17,22,24-26,28-30H,1,3,11,13-14H2. The number of phenolic OH excluding ortho intramolecular Hbond substituents is 1. The van der Waals surface area contributed by atoms with Crippen LogP contribution in [0, 0.1) is 17.8 Å². The topological polar surface area (TPSA) is 113 Å². The fourth-order valence-electron chi connectivity index (χ4n) is 5.26. The highest BCUT2D eigenvalue weighted by Crippen LogP contribution is 2.51. The smallest absolute Gasteiger partial charge is 0.317 e. The van der Waals surface area contributed by atoms with Gasteiger partial charge in [0.25, 0.3) is 10.0 Å². The maximum absolute atomic E-state index is 13.2. The summed E-state index contributed by atoms with van der Waals surface area (Å²) in [6.07, 6.45) is 9.26. The maximum atomic E-state index is 13.2. The predicted molar refractivity (Wildman–Crippen MR) is 131 cm³/mol. The molecule has 1 aliphatic heterocycles. The number of ether oxygens (including phenoxy) is 1. The molecule has 4 unspecified atom stereocenters. The number of carbonyl (C=O) groups excluding carboxylic acids is 1. The van der Waals surface area contributed by atoms with Crippen molar-refractivity contribution in [1.29, 1.82) is 0 Å². The Morgan fingerprint density at radius 1 is 1.06 bits per heavy atom. The largest absolute Gasteiger partial charge is 0.508 e. The van der Waals surface area contributed by atoms with Crippen LogP contribution in [0.5, 0.6) is 5.75 Å². The van der Waals surface area contributed by atoms with E-state index in [1.54, 1.807) is 24.3 Å². The Morgan fingerprint density at radius 3 is 2.63 bits per heavy atom. The van der Waals surface area contributed by atoms with Gasteiger partial charge in [-0.1, -0.05) is 30.4 Å². The average molecular weight is 496 g/mol. The summed E-state index contributed by atoms with van der Waals surface area (Å²) in [5.41, 5.74) is 1.15. The van der Waals surface area contributed by atoms with Gasteiger partial charge in [-0.25, -0.2) is 8.42 Å². The van der Waals surface area contributed by atoms with E-state index in [9.17, 15) is 23.4 Å². The third-order valence-corrected chi connectivity index (χ3v) is 8.47. The van der Waals surface area contributed by atoms with E-state index in [4.69, 9.17) is 4.74 Å². The summed E-state index contributed by atoms with van der Waals surface area (Å²) < 4.78 is 34.0. The Balaban J connectivity index is 1.44. The zero-order valence-electron chi connectivity index (χ0n) is 19.2. The van der Waals surface area contributed by atoms with Gasteiger partial charge in [0, 0.05) is 23.6 Å². The minimum absolute atomic E-state index is 0.0504. The molecule has 35 heavy (non-hydrogen) atoms. The number of allylic oxidation sites excluding steroid dienone is 3. The van der Waals surface area contributed by atoms with E-state index in [1.807, 2.05) is 18.2 Å². The zero-order valence-corrected chi connectivity index (χ0v) is 20.0. The van der Waals surface area contributed by atoms with E-state index in [1.165, 1.54) is 24.3 Å². The number of nitrogens with one attached hydrogen (secondary N) is 1. The molecule has 1 saturated carbocycles. The molecule has 0 aromatic heterocycles. The quantitative estimate of drug-likeness (QED) is 0.510. The lowest BCUT2D eigenvalue weighted by atomic mass is 9.72. The van der Waals surface area contributed by atoms with Crippen LogP contribution < -0.4 is 4.72 Å². The van der Waals surface area contributed by atoms with Crippen molar-refractivity contribution in [3.63, 3.8) is 0 Å².